The van der Waals surface area contributed by atoms with E-state index in [0.29, 0.717) is 0 Å². The molecular formula is C18H29NO2S2. The number of rotatable bonds is 4. The van der Waals surface area contributed by atoms with Crippen LogP contribution in [-0.2, 0) is 16.6 Å². The van der Waals surface area contributed by atoms with Gasteiger partial charge in [0.15, 0.2) is 0 Å². The summed E-state index contributed by atoms with van der Waals surface area (Å²) in [4.78, 5) is 0.738. The Hall–Kier alpha value is -0.360. The van der Waals surface area contributed by atoms with Gasteiger partial charge in [-0.15, -0.1) is 0 Å². The molecule has 0 heterocycles. The van der Waals surface area contributed by atoms with E-state index in [1.807, 2.05) is 24.3 Å². The van der Waals surface area contributed by atoms with Crippen LogP contribution >= 0.6 is 12.6 Å². The van der Waals surface area contributed by atoms with Gasteiger partial charge < -0.3 is 5.11 Å². The molecule has 3 atom stereocenters. The van der Waals surface area contributed by atoms with Crippen LogP contribution < -0.4 is 4.72 Å². The largest absolute Gasteiger partial charge is 0.386 e. The second-order valence-electron chi connectivity index (χ2n) is 8.41. The first-order valence-electron chi connectivity index (χ1n) is 8.11. The van der Waals surface area contributed by atoms with Gasteiger partial charge in [-0.3, -0.25) is 0 Å². The van der Waals surface area contributed by atoms with Gasteiger partial charge in [-0.2, -0.15) is 12.6 Å². The molecule has 0 saturated heterocycles. The van der Waals surface area contributed by atoms with E-state index >= 15 is 0 Å². The molecule has 0 radical (unpaired) electrons. The lowest BCUT2D eigenvalue weighted by Crippen LogP contribution is -2.46. The van der Waals surface area contributed by atoms with Gasteiger partial charge in [0, 0.05) is 10.8 Å². The van der Waals surface area contributed by atoms with E-state index in [2.05, 4.69) is 25.5 Å². The lowest BCUT2D eigenvalue weighted by atomic mass is 9.70. The minimum Gasteiger partial charge on any atom is -0.386 e. The molecular weight excluding hydrogens is 326 g/mol. The Morgan fingerprint density at radius 1 is 1.22 bits per heavy atom. The van der Waals surface area contributed by atoms with E-state index in [9.17, 15) is 9.32 Å². The Morgan fingerprint density at radius 3 is 2.26 bits per heavy atom. The van der Waals surface area contributed by atoms with E-state index in [4.69, 9.17) is 12.6 Å². The van der Waals surface area contributed by atoms with Gasteiger partial charge in [0.05, 0.1) is 10.5 Å². The Bertz CT molecular complexity index is 558. The molecule has 0 bridgehead atoms. The third kappa shape index (κ3) is 5.31. The highest BCUT2D eigenvalue weighted by Gasteiger charge is 2.39. The van der Waals surface area contributed by atoms with Gasteiger partial charge in [-0.05, 0) is 56.2 Å². The van der Waals surface area contributed by atoms with E-state index in [-0.39, 0.29) is 16.2 Å². The zero-order chi connectivity index (χ0) is 17.5. The topological polar surface area (TPSA) is 49.3 Å². The lowest BCUT2D eigenvalue weighted by molar-refractivity contribution is 0.0785. The number of nitrogens with one attached hydrogen (secondary N) is 1. The summed E-state index contributed by atoms with van der Waals surface area (Å²) in [5.41, 5.74) is 0.135. The second-order valence-corrected chi connectivity index (χ2v) is 10.7. The Kier molecular flexibility index (Phi) is 5.37. The van der Waals surface area contributed by atoms with Crippen LogP contribution in [0.2, 0.25) is 0 Å². The van der Waals surface area contributed by atoms with Crippen molar-refractivity contribution in [2.24, 2.45) is 5.41 Å². The summed E-state index contributed by atoms with van der Waals surface area (Å²) in [6.07, 6.45) is 2.97. The number of benzene rings is 1. The third-order valence-electron chi connectivity index (χ3n) is 4.39. The normalized spacial score (nSPS) is 29.3. The molecule has 130 valence electrons. The van der Waals surface area contributed by atoms with Gasteiger partial charge >= 0.3 is 0 Å². The van der Waals surface area contributed by atoms with Gasteiger partial charge in [-0.25, -0.2) is 8.93 Å². The summed E-state index contributed by atoms with van der Waals surface area (Å²) in [5.74, 6) is 0. The van der Waals surface area contributed by atoms with E-state index in [1.165, 1.54) is 0 Å². The molecule has 3 nitrogen and oxygen atoms in total. The molecule has 1 aliphatic carbocycles. The molecule has 0 spiro atoms. The lowest BCUT2D eigenvalue weighted by Gasteiger charge is -2.44. The average molecular weight is 356 g/mol. The maximum absolute atomic E-state index is 12.6. The number of hydrogen-bond donors (Lipinski definition) is 3. The summed E-state index contributed by atoms with van der Waals surface area (Å²) in [7, 11) is -1.25. The quantitative estimate of drug-likeness (QED) is 0.720. The number of hydrogen-bond acceptors (Lipinski definition) is 3. The Balaban J connectivity index is 2.07. The molecule has 1 aromatic rings. The van der Waals surface area contributed by atoms with E-state index in [0.717, 1.165) is 29.7 Å². The van der Waals surface area contributed by atoms with Gasteiger partial charge in [0.1, 0.15) is 11.0 Å². The number of aliphatic hydroxyl groups is 1. The maximum Gasteiger partial charge on any atom is 0.125 e. The van der Waals surface area contributed by atoms with Crippen molar-refractivity contribution >= 4 is 23.6 Å². The molecule has 23 heavy (non-hydrogen) atoms. The second kappa shape index (κ2) is 6.51. The molecule has 5 heteroatoms. The summed E-state index contributed by atoms with van der Waals surface area (Å²) in [6, 6.07) is 7.51. The molecule has 0 aliphatic heterocycles. The van der Waals surface area contributed by atoms with Crippen LogP contribution in [0.3, 0.4) is 0 Å². The molecule has 0 amide bonds. The van der Waals surface area contributed by atoms with Gasteiger partial charge in [0.2, 0.25) is 0 Å². The van der Waals surface area contributed by atoms with Crippen LogP contribution in [0.1, 0.15) is 59.4 Å². The standard InChI is InChI=1S/C18H29NO2S2/c1-16(2)10-14(11-18(5,22)12-16)19-23(21)15-8-6-13(7-9-15)17(3,4)20/h6-9,14,19-20,22H,10-12H2,1-5H3. The summed E-state index contributed by atoms with van der Waals surface area (Å²) in [5, 5.41) is 9.99. The first kappa shape index (κ1) is 19.0. The molecule has 1 fully saturated rings. The minimum atomic E-state index is -1.25. The van der Waals surface area contributed by atoms with Crippen LogP contribution in [0, 0.1) is 5.41 Å². The van der Waals surface area contributed by atoms with Crippen LogP contribution in [-0.4, -0.2) is 20.1 Å². The number of thiol groups is 1. The molecule has 1 aromatic carbocycles. The van der Waals surface area contributed by atoms with Gasteiger partial charge in [0.25, 0.3) is 0 Å². The predicted octanol–water partition coefficient (Wildman–Crippen LogP) is 3.79. The average Bonchev–Trinajstić information content (AvgIpc) is 2.33. The van der Waals surface area contributed by atoms with E-state index < -0.39 is 16.6 Å². The van der Waals surface area contributed by atoms with Crippen LogP contribution in [0.4, 0.5) is 0 Å². The fourth-order valence-electron chi connectivity index (χ4n) is 3.73. The highest BCUT2D eigenvalue weighted by Crippen LogP contribution is 2.44. The maximum atomic E-state index is 12.6. The van der Waals surface area contributed by atoms with Crippen LogP contribution in [0.25, 0.3) is 0 Å². The van der Waals surface area contributed by atoms with Crippen molar-refractivity contribution in [3.8, 4) is 0 Å². The van der Waals surface area contributed by atoms with Crippen molar-refractivity contribution in [1.29, 1.82) is 0 Å². The van der Waals surface area contributed by atoms with Crippen LogP contribution in [0.15, 0.2) is 29.2 Å². The van der Waals surface area contributed by atoms with Crippen molar-refractivity contribution in [3.63, 3.8) is 0 Å². The van der Waals surface area contributed by atoms with E-state index in [1.54, 1.807) is 13.8 Å². The highest BCUT2D eigenvalue weighted by molar-refractivity contribution is 7.83. The van der Waals surface area contributed by atoms with Crippen molar-refractivity contribution in [1.82, 2.24) is 4.72 Å². The zero-order valence-corrected chi connectivity index (χ0v) is 16.4. The molecule has 0 aromatic heterocycles. The fourth-order valence-corrected chi connectivity index (χ4v) is 5.37. The highest BCUT2D eigenvalue weighted by atomic mass is 32.2. The summed E-state index contributed by atoms with van der Waals surface area (Å²) >= 11 is 4.78. The monoisotopic (exact) mass is 355 g/mol. The van der Waals surface area contributed by atoms with Gasteiger partial charge in [-0.1, -0.05) is 32.9 Å². The summed E-state index contributed by atoms with van der Waals surface area (Å²) < 4.78 is 15.8. The first-order valence-corrected chi connectivity index (χ1v) is 9.71. The smallest absolute Gasteiger partial charge is 0.125 e. The van der Waals surface area contributed by atoms with Crippen molar-refractivity contribution in [3.05, 3.63) is 29.8 Å². The zero-order valence-electron chi connectivity index (χ0n) is 14.7. The first-order chi connectivity index (χ1) is 10.4. The third-order valence-corrected chi connectivity index (χ3v) is 5.98. The predicted molar refractivity (Wildman–Crippen MR) is 100 cm³/mol. The Labute approximate surface area is 148 Å². The molecule has 3 unspecified atom stereocenters. The molecule has 1 aliphatic rings. The Morgan fingerprint density at radius 2 is 1.78 bits per heavy atom. The molecule has 1 saturated carbocycles. The molecule has 2 N–H and O–H groups in total. The molecule has 2 rings (SSSR count). The fraction of sp³-hybridized carbons (Fsp3) is 0.667. The van der Waals surface area contributed by atoms with Crippen LogP contribution in [0.5, 0.6) is 0 Å². The van der Waals surface area contributed by atoms with Crippen molar-refractivity contribution in [2.45, 2.75) is 75.2 Å². The summed E-state index contributed by atoms with van der Waals surface area (Å²) in [6.45, 7) is 10.1. The van der Waals surface area contributed by atoms with Crippen molar-refractivity contribution in [2.75, 3.05) is 0 Å². The minimum absolute atomic E-state index is 0.0333. The van der Waals surface area contributed by atoms with Crippen molar-refractivity contribution < 1.29 is 9.32 Å². The SMILES string of the molecule is CC1(C)CC(NS(=O)c2ccc(C(C)(C)O)cc2)CC(C)(S)C1.